The second-order valence-corrected chi connectivity index (χ2v) is 5.38. The molecule has 0 radical (unpaired) electrons. The number of anilines is 1. The predicted octanol–water partition coefficient (Wildman–Crippen LogP) is 2.26. The van der Waals surface area contributed by atoms with Crippen molar-refractivity contribution >= 4 is 11.6 Å². The quantitative estimate of drug-likeness (QED) is 0.786. The van der Waals surface area contributed by atoms with Gasteiger partial charge in [-0.1, -0.05) is 6.07 Å². The van der Waals surface area contributed by atoms with Crippen LogP contribution < -0.4 is 11.1 Å². The highest BCUT2D eigenvalue weighted by Gasteiger charge is 2.15. The molecule has 0 heterocycles. The Morgan fingerprint density at radius 3 is 2.45 bits per heavy atom. The smallest absolute Gasteiger partial charge is 0.253 e. The fourth-order valence-corrected chi connectivity index (χ4v) is 2.24. The maximum Gasteiger partial charge on any atom is 0.253 e. The maximum absolute atomic E-state index is 13.3. The molecule has 0 aliphatic heterocycles. The van der Waals surface area contributed by atoms with E-state index in [1.54, 1.807) is 0 Å². The van der Waals surface area contributed by atoms with E-state index in [2.05, 4.69) is 37.9 Å². The summed E-state index contributed by atoms with van der Waals surface area (Å²) in [5, 5.41) is 2.78. The minimum absolute atomic E-state index is 0.102. The van der Waals surface area contributed by atoms with Crippen LogP contribution in [0.3, 0.4) is 0 Å². The Morgan fingerprint density at radius 1 is 1.30 bits per heavy atom. The summed E-state index contributed by atoms with van der Waals surface area (Å²) >= 11 is 0. The van der Waals surface area contributed by atoms with Gasteiger partial charge in [0.1, 0.15) is 5.82 Å². The number of amides is 1. The second-order valence-electron chi connectivity index (χ2n) is 5.38. The van der Waals surface area contributed by atoms with Crippen LogP contribution in [0.4, 0.5) is 10.1 Å². The van der Waals surface area contributed by atoms with E-state index in [4.69, 9.17) is 5.73 Å². The molecule has 20 heavy (non-hydrogen) atoms. The zero-order chi connectivity index (χ0) is 15.3. The van der Waals surface area contributed by atoms with Gasteiger partial charge >= 0.3 is 0 Å². The predicted molar refractivity (Wildman–Crippen MR) is 80.1 cm³/mol. The molecule has 0 saturated carbocycles. The van der Waals surface area contributed by atoms with Crippen molar-refractivity contribution in [3.05, 3.63) is 29.6 Å². The number of nitrogen functional groups attached to an aromatic ring is 1. The van der Waals surface area contributed by atoms with Crippen LogP contribution in [-0.4, -0.2) is 36.0 Å². The molecule has 1 aromatic rings. The van der Waals surface area contributed by atoms with Gasteiger partial charge in [-0.3, -0.25) is 9.69 Å². The lowest BCUT2D eigenvalue weighted by Crippen LogP contribution is -2.42. The fourth-order valence-electron chi connectivity index (χ4n) is 2.24. The van der Waals surface area contributed by atoms with E-state index in [0.717, 1.165) is 6.54 Å². The Balaban J connectivity index is 2.58. The monoisotopic (exact) mass is 281 g/mol. The summed E-state index contributed by atoms with van der Waals surface area (Å²) in [6.07, 6.45) is 0. The highest BCUT2D eigenvalue weighted by molar-refractivity contribution is 5.99. The molecule has 4 nitrogen and oxygen atoms in total. The van der Waals surface area contributed by atoms with Crippen LogP contribution in [0.5, 0.6) is 0 Å². The molecule has 0 saturated heterocycles. The fraction of sp³-hybridized carbons (Fsp3) is 0.533. The molecule has 0 atom stereocenters. The third-order valence-corrected chi connectivity index (χ3v) is 3.28. The van der Waals surface area contributed by atoms with Gasteiger partial charge < -0.3 is 11.1 Å². The van der Waals surface area contributed by atoms with Crippen molar-refractivity contribution in [2.24, 2.45) is 0 Å². The average molecular weight is 281 g/mol. The minimum Gasteiger partial charge on any atom is -0.396 e. The molecule has 1 aromatic carbocycles. The Morgan fingerprint density at radius 2 is 1.90 bits per heavy atom. The van der Waals surface area contributed by atoms with E-state index < -0.39 is 5.82 Å². The number of halogens is 1. The Labute approximate surface area is 120 Å². The Bertz CT molecular complexity index is 452. The molecule has 0 fully saturated rings. The number of hydrogen-bond acceptors (Lipinski definition) is 3. The number of nitrogens with zero attached hydrogens (tertiary/aromatic N) is 1. The van der Waals surface area contributed by atoms with E-state index >= 15 is 0 Å². The molecule has 5 heteroatoms. The number of carbonyl (C=O) groups is 1. The number of nitrogens with two attached hydrogens (primary N) is 1. The van der Waals surface area contributed by atoms with Crippen LogP contribution in [0.2, 0.25) is 0 Å². The third kappa shape index (κ3) is 4.20. The summed E-state index contributed by atoms with van der Waals surface area (Å²) in [6, 6.07) is 5.06. The molecule has 112 valence electrons. The maximum atomic E-state index is 13.3. The number of carbonyl (C=O) groups excluding carboxylic acids is 1. The highest BCUT2D eigenvalue weighted by atomic mass is 19.1. The van der Waals surface area contributed by atoms with Crippen LogP contribution in [0.25, 0.3) is 0 Å². The zero-order valence-corrected chi connectivity index (χ0v) is 12.6. The van der Waals surface area contributed by atoms with Crippen LogP contribution >= 0.6 is 0 Å². The van der Waals surface area contributed by atoms with Crippen LogP contribution in [0, 0.1) is 5.82 Å². The molecule has 0 aromatic heterocycles. The zero-order valence-electron chi connectivity index (χ0n) is 12.6. The van der Waals surface area contributed by atoms with Crippen molar-refractivity contribution in [3.63, 3.8) is 0 Å². The van der Waals surface area contributed by atoms with Crippen molar-refractivity contribution < 1.29 is 9.18 Å². The first-order valence-corrected chi connectivity index (χ1v) is 6.92. The van der Waals surface area contributed by atoms with Crippen molar-refractivity contribution in [3.8, 4) is 0 Å². The van der Waals surface area contributed by atoms with Gasteiger partial charge in [0.2, 0.25) is 0 Å². The van der Waals surface area contributed by atoms with E-state index in [-0.39, 0.29) is 17.2 Å². The van der Waals surface area contributed by atoms with Crippen molar-refractivity contribution in [2.45, 2.75) is 39.8 Å². The van der Waals surface area contributed by atoms with Crippen LogP contribution in [-0.2, 0) is 0 Å². The summed E-state index contributed by atoms with van der Waals surface area (Å²) in [6.45, 7) is 9.72. The van der Waals surface area contributed by atoms with Crippen LogP contribution in [0.15, 0.2) is 18.2 Å². The SMILES string of the molecule is CC(C)N(CCNC(=O)c1cccc(F)c1N)C(C)C. The summed E-state index contributed by atoms with van der Waals surface area (Å²) in [5.41, 5.74) is 5.65. The van der Waals surface area contributed by atoms with Gasteiger partial charge in [-0.25, -0.2) is 4.39 Å². The molecule has 0 aliphatic carbocycles. The first kappa shape index (κ1) is 16.4. The Hall–Kier alpha value is -1.62. The Kier molecular flexibility index (Phi) is 5.95. The largest absolute Gasteiger partial charge is 0.396 e. The van der Waals surface area contributed by atoms with Gasteiger partial charge in [-0.05, 0) is 39.8 Å². The van der Waals surface area contributed by atoms with Gasteiger partial charge in [0.15, 0.2) is 0 Å². The number of para-hydroxylation sites is 1. The van der Waals surface area contributed by atoms with Crippen molar-refractivity contribution in [2.75, 3.05) is 18.8 Å². The third-order valence-electron chi connectivity index (χ3n) is 3.28. The summed E-state index contributed by atoms with van der Waals surface area (Å²) < 4.78 is 13.3. The summed E-state index contributed by atoms with van der Waals surface area (Å²) in [7, 11) is 0. The lowest BCUT2D eigenvalue weighted by atomic mass is 10.1. The van der Waals surface area contributed by atoms with E-state index in [1.807, 2.05) is 0 Å². The van der Waals surface area contributed by atoms with Crippen molar-refractivity contribution in [1.82, 2.24) is 10.2 Å². The highest BCUT2D eigenvalue weighted by Crippen LogP contribution is 2.15. The number of rotatable bonds is 6. The number of hydrogen-bond donors (Lipinski definition) is 2. The summed E-state index contributed by atoms with van der Waals surface area (Å²) in [4.78, 5) is 14.2. The lowest BCUT2D eigenvalue weighted by Gasteiger charge is -2.30. The molecule has 0 spiro atoms. The number of benzene rings is 1. The van der Waals surface area contributed by atoms with E-state index in [0.29, 0.717) is 18.6 Å². The molecule has 0 bridgehead atoms. The average Bonchev–Trinajstić information content (AvgIpc) is 2.36. The van der Waals surface area contributed by atoms with Gasteiger partial charge in [0, 0.05) is 25.2 Å². The van der Waals surface area contributed by atoms with Crippen LogP contribution in [0.1, 0.15) is 38.1 Å². The molecule has 1 rings (SSSR count). The molecular weight excluding hydrogens is 257 g/mol. The topological polar surface area (TPSA) is 58.4 Å². The van der Waals surface area contributed by atoms with E-state index in [9.17, 15) is 9.18 Å². The molecule has 0 aliphatic rings. The standard InChI is InChI=1S/C15H24FN3O/c1-10(2)19(11(3)4)9-8-18-15(20)12-6-5-7-13(16)14(12)17/h5-7,10-11H,8-9,17H2,1-4H3,(H,18,20). The normalized spacial score (nSPS) is 11.4. The first-order chi connectivity index (χ1) is 9.34. The van der Waals surface area contributed by atoms with Gasteiger partial charge in [0.25, 0.3) is 5.91 Å². The summed E-state index contributed by atoms with van der Waals surface area (Å²) in [5.74, 6) is -0.905. The van der Waals surface area contributed by atoms with Gasteiger partial charge in [-0.15, -0.1) is 0 Å². The molecule has 3 N–H and O–H groups in total. The van der Waals surface area contributed by atoms with Gasteiger partial charge in [-0.2, -0.15) is 0 Å². The first-order valence-electron chi connectivity index (χ1n) is 6.92. The van der Waals surface area contributed by atoms with E-state index in [1.165, 1.54) is 18.2 Å². The molecular formula is C15H24FN3O. The number of nitrogens with one attached hydrogen (secondary N) is 1. The van der Waals surface area contributed by atoms with Gasteiger partial charge in [0.05, 0.1) is 11.3 Å². The van der Waals surface area contributed by atoms with Crippen molar-refractivity contribution in [1.29, 1.82) is 0 Å². The minimum atomic E-state index is -0.566. The lowest BCUT2D eigenvalue weighted by molar-refractivity contribution is 0.0940. The second kappa shape index (κ2) is 7.24. The molecule has 0 unspecified atom stereocenters. The molecule has 1 amide bonds.